The number of esters is 1. The Balaban J connectivity index is 1.45. The fraction of sp³-hybridized carbons (Fsp3) is 0.500. The Morgan fingerprint density at radius 2 is 1.97 bits per heavy atom. The maximum absolute atomic E-state index is 11.5. The summed E-state index contributed by atoms with van der Waals surface area (Å²) in [7, 11) is 3.21. The molecule has 0 atom stereocenters. The molecule has 1 saturated heterocycles. The van der Waals surface area contributed by atoms with Gasteiger partial charge in [-0.2, -0.15) is 4.37 Å². The van der Waals surface area contributed by atoms with Gasteiger partial charge in [-0.1, -0.05) is 19.1 Å². The third-order valence-electron chi connectivity index (χ3n) is 4.91. The lowest BCUT2D eigenvalue weighted by Gasteiger charge is -2.36. The summed E-state index contributed by atoms with van der Waals surface area (Å²) in [5.74, 6) is 1.53. The number of nitrogens with one attached hydrogen (secondary N) is 1. The van der Waals surface area contributed by atoms with E-state index in [0.29, 0.717) is 5.56 Å². The van der Waals surface area contributed by atoms with Crippen molar-refractivity contribution in [3.8, 4) is 0 Å². The molecule has 1 aliphatic heterocycles. The Bertz CT molecular complexity index is 828. The molecule has 3 rings (SSSR count). The Morgan fingerprint density at radius 1 is 1.24 bits per heavy atom. The van der Waals surface area contributed by atoms with Crippen LogP contribution in [0, 0.1) is 0 Å². The van der Waals surface area contributed by atoms with Gasteiger partial charge in [0.15, 0.2) is 5.96 Å². The smallest absolute Gasteiger partial charge is 0.337 e. The zero-order chi connectivity index (χ0) is 20.6. The highest BCUT2D eigenvalue weighted by molar-refractivity contribution is 7.09. The van der Waals surface area contributed by atoms with E-state index in [2.05, 4.69) is 36.4 Å². The summed E-state index contributed by atoms with van der Waals surface area (Å²) in [6.45, 7) is 6.47. The molecule has 2 heterocycles. The van der Waals surface area contributed by atoms with E-state index < -0.39 is 0 Å². The molecule has 0 aliphatic carbocycles. The summed E-state index contributed by atoms with van der Waals surface area (Å²) < 4.78 is 9.11. The van der Waals surface area contributed by atoms with E-state index in [9.17, 15) is 4.79 Å². The topological polar surface area (TPSA) is 83.0 Å². The van der Waals surface area contributed by atoms with Crippen LogP contribution in [0.2, 0.25) is 0 Å². The molecule has 9 heteroatoms. The van der Waals surface area contributed by atoms with Gasteiger partial charge in [-0.15, -0.1) is 0 Å². The summed E-state index contributed by atoms with van der Waals surface area (Å²) in [6.07, 6.45) is 1.73. The number of aromatic nitrogens is 2. The Kier molecular flexibility index (Phi) is 7.40. The molecular weight excluding hydrogens is 388 g/mol. The van der Waals surface area contributed by atoms with Crippen molar-refractivity contribution in [1.82, 2.24) is 19.6 Å². The number of benzene rings is 1. The molecule has 0 saturated carbocycles. The molecule has 8 nitrogen and oxygen atoms in total. The second-order valence-electron chi connectivity index (χ2n) is 6.73. The minimum absolute atomic E-state index is 0.311. The normalized spacial score (nSPS) is 14.8. The van der Waals surface area contributed by atoms with Gasteiger partial charge in [0.05, 0.1) is 12.7 Å². The van der Waals surface area contributed by atoms with Crippen molar-refractivity contribution in [2.45, 2.75) is 19.8 Å². The maximum atomic E-state index is 11.5. The summed E-state index contributed by atoms with van der Waals surface area (Å²) in [6, 6.07) is 7.52. The van der Waals surface area contributed by atoms with E-state index in [1.807, 2.05) is 19.2 Å². The second-order valence-corrected chi connectivity index (χ2v) is 7.46. The van der Waals surface area contributed by atoms with Crippen LogP contribution >= 0.6 is 11.5 Å². The lowest BCUT2D eigenvalue weighted by Crippen LogP contribution is -2.52. The molecule has 156 valence electrons. The van der Waals surface area contributed by atoms with Crippen LogP contribution < -0.4 is 10.2 Å². The number of hydrogen-bond donors (Lipinski definition) is 1. The SMILES string of the molecule is CCc1nsc(N2CCN(C(=NC)NCCc3ccc(C(=O)OC)cc3)CC2)n1. The first-order valence-electron chi connectivity index (χ1n) is 9.85. The molecule has 1 aliphatic rings. The molecular formula is C20H28N6O2S. The summed E-state index contributed by atoms with van der Waals surface area (Å²) in [5.41, 5.74) is 1.73. The van der Waals surface area contributed by atoms with Gasteiger partial charge < -0.3 is 19.9 Å². The lowest BCUT2D eigenvalue weighted by molar-refractivity contribution is 0.0600. The van der Waals surface area contributed by atoms with Crippen LogP contribution in [0.5, 0.6) is 0 Å². The first-order chi connectivity index (χ1) is 14.1. The van der Waals surface area contributed by atoms with E-state index in [0.717, 1.165) is 68.0 Å². The van der Waals surface area contributed by atoms with Crippen molar-refractivity contribution in [3.63, 3.8) is 0 Å². The van der Waals surface area contributed by atoms with Crippen LogP contribution in [-0.2, 0) is 17.6 Å². The van der Waals surface area contributed by atoms with Crippen LogP contribution in [0.1, 0.15) is 28.7 Å². The molecule has 29 heavy (non-hydrogen) atoms. The van der Waals surface area contributed by atoms with Crippen LogP contribution in [0.4, 0.5) is 5.13 Å². The first-order valence-corrected chi connectivity index (χ1v) is 10.6. The third kappa shape index (κ3) is 5.44. The third-order valence-corrected chi connectivity index (χ3v) is 5.72. The summed E-state index contributed by atoms with van der Waals surface area (Å²) >= 11 is 1.48. The van der Waals surface area contributed by atoms with E-state index in [1.54, 1.807) is 12.1 Å². The highest BCUT2D eigenvalue weighted by Crippen LogP contribution is 2.19. The molecule has 0 amide bonds. The predicted molar refractivity (Wildman–Crippen MR) is 116 cm³/mol. The number of aliphatic imine (C=N–C) groups is 1. The van der Waals surface area contributed by atoms with Crippen molar-refractivity contribution < 1.29 is 9.53 Å². The van der Waals surface area contributed by atoms with Crippen LogP contribution in [-0.4, -0.2) is 73.1 Å². The fourth-order valence-electron chi connectivity index (χ4n) is 3.20. The van der Waals surface area contributed by atoms with Crippen molar-refractivity contribution in [2.75, 3.05) is 51.8 Å². The molecule has 0 unspecified atom stereocenters. The number of rotatable bonds is 6. The number of guanidine groups is 1. The lowest BCUT2D eigenvalue weighted by atomic mass is 10.1. The van der Waals surface area contributed by atoms with Gasteiger partial charge in [-0.3, -0.25) is 4.99 Å². The van der Waals surface area contributed by atoms with E-state index in [-0.39, 0.29) is 5.97 Å². The number of ether oxygens (including phenoxy) is 1. The average Bonchev–Trinajstić information content (AvgIpc) is 3.26. The average molecular weight is 417 g/mol. The van der Waals surface area contributed by atoms with Gasteiger partial charge in [-0.25, -0.2) is 9.78 Å². The van der Waals surface area contributed by atoms with Gasteiger partial charge in [0, 0.05) is 57.7 Å². The highest BCUT2D eigenvalue weighted by Gasteiger charge is 2.21. The quantitative estimate of drug-likeness (QED) is 0.437. The highest BCUT2D eigenvalue weighted by atomic mass is 32.1. The first kappa shape index (κ1) is 21.0. The number of carbonyl (C=O) groups is 1. The number of nitrogens with zero attached hydrogens (tertiary/aromatic N) is 5. The van der Waals surface area contributed by atoms with Crippen molar-refractivity contribution in [3.05, 3.63) is 41.2 Å². The zero-order valence-corrected chi connectivity index (χ0v) is 18.0. The summed E-state index contributed by atoms with van der Waals surface area (Å²) in [5, 5.41) is 4.46. The minimum atomic E-state index is -0.311. The van der Waals surface area contributed by atoms with Gasteiger partial charge >= 0.3 is 5.97 Å². The summed E-state index contributed by atoms with van der Waals surface area (Å²) in [4.78, 5) is 25.1. The Labute approximate surface area is 175 Å². The minimum Gasteiger partial charge on any atom is -0.465 e. The van der Waals surface area contributed by atoms with E-state index in [4.69, 9.17) is 4.74 Å². The number of hydrogen-bond acceptors (Lipinski definition) is 7. The van der Waals surface area contributed by atoms with Crippen LogP contribution in [0.15, 0.2) is 29.3 Å². The second kappa shape index (κ2) is 10.2. The molecule has 2 aromatic rings. The Morgan fingerprint density at radius 3 is 2.55 bits per heavy atom. The number of anilines is 1. The molecule has 0 bridgehead atoms. The van der Waals surface area contributed by atoms with Crippen LogP contribution in [0.25, 0.3) is 0 Å². The molecule has 1 fully saturated rings. The molecule has 1 aromatic heterocycles. The van der Waals surface area contributed by atoms with E-state index >= 15 is 0 Å². The maximum Gasteiger partial charge on any atom is 0.337 e. The van der Waals surface area contributed by atoms with Gasteiger partial charge in [-0.05, 0) is 24.1 Å². The Hall–Kier alpha value is -2.68. The van der Waals surface area contributed by atoms with Crippen LogP contribution in [0.3, 0.4) is 0 Å². The van der Waals surface area contributed by atoms with Crippen molar-refractivity contribution in [2.24, 2.45) is 4.99 Å². The predicted octanol–water partition coefficient (Wildman–Crippen LogP) is 1.83. The van der Waals surface area contributed by atoms with Gasteiger partial charge in [0.2, 0.25) is 5.13 Å². The van der Waals surface area contributed by atoms with Crippen molar-refractivity contribution in [1.29, 1.82) is 0 Å². The van der Waals surface area contributed by atoms with E-state index in [1.165, 1.54) is 18.6 Å². The standard InChI is InChI=1S/C20H28N6O2S/c1-4-17-23-20(29-24-17)26-13-11-25(12-14-26)19(21-2)22-10-9-15-5-7-16(8-6-15)18(27)28-3/h5-8H,4,9-14H2,1-3H3,(H,21,22). The van der Waals surface area contributed by atoms with Gasteiger partial charge in [0.25, 0.3) is 0 Å². The molecule has 0 radical (unpaired) electrons. The fourth-order valence-corrected chi connectivity index (χ4v) is 4.00. The monoisotopic (exact) mass is 416 g/mol. The number of piperazine rings is 1. The molecule has 0 spiro atoms. The van der Waals surface area contributed by atoms with Crippen molar-refractivity contribution >= 4 is 28.6 Å². The largest absolute Gasteiger partial charge is 0.465 e. The molecule has 1 aromatic carbocycles. The number of carbonyl (C=O) groups excluding carboxylic acids is 1. The van der Waals surface area contributed by atoms with Gasteiger partial charge in [0.1, 0.15) is 5.82 Å². The number of aryl methyl sites for hydroxylation is 1. The molecule has 1 N–H and O–H groups in total. The number of methoxy groups -OCH3 is 1. The zero-order valence-electron chi connectivity index (χ0n) is 17.2.